The van der Waals surface area contributed by atoms with Gasteiger partial charge in [0.1, 0.15) is 23.9 Å². The summed E-state index contributed by atoms with van der Waals surface area (Å²) in [4.78, 5) is 69.1. The number of nitrogens with one attached hydrogen (secondary N) is 3. The number of Topliss-reactive ketones (excluding diaryl/α,β-unsaturated/α-hetero) is 1. The van der Waals surface area contributed by atoms with Crippen molar-refractivity contribution in [2.24, 2.45) is 17.8 Å². The highest BCUT2D eigenvalue weighted by Crippen LogP contribution is 2.48. The molecule has 3 fully saturated rings. The second-order valence-electron chi connectivity index (χ2n) is 17.3. The van der Waals surface area contributed by atoms with Gasteiger partial charge in [-0.05, 0) is 104 Å². The average molecular weight is 775 g/mol. The van der Waals surface area contributed by atoms with Crippen molar-refractivity contribution in [2.75, 3.05) is 19.7 Å². The van der Waals surface area contributed by atoms with Crippen LogP contribution in [0, 0.1) is 17.8 Å². The molecule has 6 rings (SSSR count). The summed E-state index contributed by atoms with van der Waals surface area (Å²) in [6.45, 7) is 11.0. The Bertz CT molecular complexity index is 1790. The maximum atomic E-state index is 14.2. The van der Waals surface area contributed by atoms with Gasteiger partial charge in [0.25, 0.3) is 5.91 Å². The van der Waals surface area contributed by atoms with E-state index in [1.165, 1.54) is 13.0 Å². The second kappa shape index (κ2) is 14.3. The minimum Gasteiger partial charge on any atom is -0.482 e. The lowest BCUT2D eigenvalue weighted by molar-refractivity contribution is -0.149. The molecule has 3 aliphatic heterocycles. The number of sulfonamides is 1. The van der Waals surface area contributed by atoms with E-state index in [0.717, 1.165) is 32.1 Å². The van der Waals surface area contributed by atoms with Crippen molar-refractivity contribution in [3.8, 4) is 0 Å². The fourth-order valence-corrected chi connectivity index (χ4v) is 9.28. The van der Waals surface area contributed by atoms with E-state index in [0.29, 0.717) is 38.3 Å². The van der Waals surface area contributed by atoms with Gasteiger partial charge in [0.2, 0.25) is 33.0 Å². The molecule has 1 unspecified atom stereocenters. The highest BCUT2D eigenvalue weighted by atomic mass is 32.2. The summed E-state index contributed by atoms with van der Waals surface area (Å²) in [5, 5.41) is 15.5. The van der Waals surface area contributed by atoms with Gasteiger partial charge in [-0.25, -0.2) is 18.0 Å². The molecule has 0 aromatic carbocycles. The number of aliphatic carboxylic acids is 1. The van der Waals surface area contributed by atoms with Crippen LogP contribution in [0.15, 0.2) is 35.3 Å². The van der Waals surface area contributed by atoms with Crippen LogP contribution in [0.2, 0.25) is 0 Å². The summed E-state index contributed by atoms with van der Waals surface area (Å²) in [7, 11) is -3.93. The molecule has 2 saturated carbocycles. The van der Waals surface area contributed by atoms with Crippen molar-refractivity contribution in [1.29, 1.82) is 0 Å². The Balaban J connectivity index is 1.21. The molecule has 3 heterocycles. The third kappa shape index (κ3) is 7.64. The summed E-state index contributed by atoms with van der Waals surface area (Å²) < 4.78 is 45.0. The maximum absolute atomic E-state index is 14.2. The number of ketones is 1. The van der Waals surface area contributed by atoms with E-state index in [4.69, 9.17) is 14.2 Å². The van der Waals surface area contributed by atoms with Gasteiger partial charge in [0.15, 0.2) is 5.76 Å². The predicted molar refractivity (Wildman–Crippen MR) is 195 cm³/mol. The van der Waals surface area contributed by atoms with Crippen molar-refractivity contribution in [3.05, 3.63) is 35.3 Å². The number of carboxylic acid groups (broad SMARTS) is 1. The number of hydrogen-bond donors (Lipinski definition) is 4. The van der Waals surface area contributed by atoms with Crippen molar-refractivity contribution in [1.82, 2.24) is 20.3 Å². The number of carbonyl (C=O) groups excluding carboxylic acids is 4. The monoisotopic (exact) mass is 774 g/mol. The van der Waals surface area contributed by atoms with E-state index >= 15 is 0 Å². The molecular weight excluding hydrogens is 721 g/mol. The average Bonchev–Trinajstić information content (AvgIpc) is 3.95. The molecule has 6 aliphatic rings. The lowest BCUT2D eigenvalue weighted by Gasteiger charge is -2.38. The molecule has 0 aromatic rings. The van der Waals surface area contributed by atoms with Gasteiger partial charge in [-0.3, -0.25) is 29.3 Å². The molecule has 7 atom stereocenters. The Labute approximate surface area is 316 Å². The first kappa shape index (κ1) is 39.8. The van der Waals surface area contributed by atoms with Gasteiger partial charge >= 0.3 is 12.1 Å². The minimum atomic E-state index is -3.93. The number of ether oxygens (including phenoxy) is 3. The fourth-order valence-electron chi connectivity index (χ4n) is 7.97. The molecule has 0 radical (unpaired) electrons. The summed E-state index contributed by atoms with van der Waals surface area (Å²) in [6.07, 6.45) is 9.84. The van der Waals surface area contributed by atoms with Gasteiger partial charge in [-0.1, -0.05) is 31.9 Å². The molecule has 298 valence electrons. The van der Waals surface area contributed by atoms with Crippen LogP contribution >= 0.6 is 0 Å². The van der Waals surface area contributed by atoms with Gasteiger partial charge in [0.05, 0.1) is 10.8 Å². The number of alkyl carbamates (subject to hydrolysis) is 1. The highest BCUT2D eigenvalue weighted by molar-refractivity contribution is 7.91. The third-order valence-electron chi connectivity index (χ3n) is 11.8. The van der Waals surface area contributed by atoms with Gasteiger partial charge in [-0.15, -0.1) is 0 Å². The molecular formula is C38H54N4O11S. The van der Waals surface area contributed by atoms with Crippen LogP contribution in [0.3, 0.4) is 0 Å². The largest absolute Gasteiger partial charge is 0.482 e. The van der Waals surface area contributed by atoms with Gasteiger partial charge < -0.3 is 24.6 Å². The molecule has 54 heavy (non-hydrogen) atoms. The molecule has 0 bridgehead atoms. The number of rotatable bonds is 6. The number of allylic oxidation sites excluding steroid dienone is 2. The van der Waals surface area contributed by atoms with E-state index < -0.39 is 67.3 Å². The SMILES string of the molecule is CC1=CC2=C(OC[C@@H](C3C[C@H]4C(=O)N[C@]5(C(=O)NS(=O)(=O)C6(C)CC6)C[C@H]5/C=C\CC[C@@H](C)CCCCN4C3)O2)C(=O)[C@]1(NC(=O)OC(C)(C)C)C(=O)O. The van der Waals surface area contributed by atoms with Crippen LogP contribution in [0.4, 0.5) is 4.79 Å². The first-order valence-corrected chi connectivity index (χ1v) is 20.5. The summed E-state index contributed by atoms with van der Waals surface area (Å²) in [5.41, 5.74) is -4.80. The maximum Gasteiger partial charge on any atom is 0.409 e. The van der Waals surface area contributed by atoms with Gasteiger partial charge in [-0.2, -0.15) is 0 Å². The highest BCUT2D eigenvalue weighted by Gasteiger charge is 2.63. The van der Waals surface area contributed by atoms with Crippen LogP contribution in [0.5, 0.6) is 0 Å². The van der Waals surface area contributed by atoms with E-state index in [2.05, 4.69) is 27.2 Å². The standard InChI is InChI=1S/C38H54N4O11S/c1-22-11-7-8-13-25-19-37(25,32(45)41-54(49,50)36(6)14-15-36)39-31(44)26-18-24(20-42(26)16-10-9-12-22)28-21-51-29-27(52-28)17-23(2)38(30(29)43,33(46)47)40-34(48)53-35(3,4)5/h8,13,17,22,24-26,28H,7,9-12,14-16,18-21H2,1-6H3,(H,39,44)(H,40,48)(H,41,45)(H,46,47)/b13-8-/t22-,24?,25-,26+,28+,37-,38+/m1/s1. The van der Waals surface area contributed by atoms with Crippen molar-refractivity contribution in [3.63, 3.8) is 0 Å². The Hall–Kier alpha value is -3.92. The quantitative estimate of drug-likeness (QED) is 0.227. The fraction of sp³-hybridized carbons (Fsp3) is 0.711. The van der Waals surface area contributed by atoms with Crippen molar-refractivity contribution < 1.29 is 51.7 Å². The summed E-state index contributed by atoms with van der Waals surface area (Å²) in [5.74, 6) is -4.11. The molecule has 3 aliphatic carbocycles. The number of nitrogens with zero attached hydrogens (tertiary/aromatic N) is 1. The van der Waals surface area contributed by atoms with Gasteiger partial charge in [0, 0.05) is 18.4 Å². The van der Waals surface area contributed by atoms with E-state index in [1.807, 2.05) is 12.2 Å². The van der Waals surface area contributed by atoms with E-state index in [-0.39, 0.29) is 47.9 Å². The zero-order valence-corrected chi connectivity index (χ0v) is 32.8. The number of hydrogen-bond acceptors (Lipinski definition) is 11. The van der Waals surface area contributed by atoms with E-state index in [9.17, 15) is 37.5 Å². The van der Waals surface area contributed by atoms with Crippen LogP contribution in [0.1, 0.15) is 99.3 Å². The van der Waals surface area contributed by atoms with Crippen LogP contribution in [-0.4, -0.2) is 101 Å². The predicted octanol–water partition coefficient (Wildman–Crippen LogP) is 3.21. The normalized spacial score (nSPS) is 34.8. The lowest BCUT2D eigenvalue weighted by Crippen LogP contribution is -2.63. The van der Waals surface area contributed by atoms with Crippen LogP contribution in [0.25, 0.3) is 0 Å². The molecule has 0 aromatic heterocycles. The Morgan fingerprint density at radius 2 is 1.85 bits per heavy atom. The van der Waals surface area contributed by atoms with Crippen LogP contribution < -0.4 is 15.4 Å². The molecule has 1 saturated heterocycles. The summed E-state index contributed by atoms with van der Waals surface area (Å²) in [6, 6.07) is -0.646. The molecule has 3 amide bonds. The van der Waals surface area contributed by atoms with Crippen LogP contribution in [-0.2, 0) is 43.4 Å². The number of carbonyl (C=O) groups is 5. The third-order valence-corrected chi connectivity index (χ3v) is 14.0. The lowest BCUT2D eigenvalue weighted by atomic mass is 9.80. The van der Waals surface area contributed by atoms with E-state index in [1.54, 1.807) is 27.7 Å². The van der Waals surface area contributed by atoms with Crippen molar-refractivity contribution in [2.45, 2.75) is 133 Å². The van der Waals surface area contributed by atoms with Crippen molar-refractivity contribution >= 4 is 39.7 Å². The first-order valence-electron chi connectivity index (χ1n) is 19.0. The molecule has 16 heteroatoms. The topological polar surface area (TPSA) is 207 Å². The number of carboxylic acids is 1. The zero-order chi connectivity index (χ0) is 39.4. The zero-order valence-electron chi connectivity index (χ0n) is 32.0. The summed E-state index contributed by atoms with van der Waals surface area (Å²) >= 11 is 0. The smallest absolute Gasteiger partial charge is 0.409 e. The number of fused-ring (bicyclic) bond motifs is 2. The molecule has 15 nitrogen and oxygen atoms in total. The number of amides is 3. The Morgan fingerprint density at radius 3 is 2.52 bits per heavy atom. The Morgan fingerprint density at radius 1 is 1.13 bits per heavy atom. The molecule has 4 N–H and O–H groups in total. The Kier molecular flexibility index (Phi) is 10.5. The second-order valence-corrected chi connectivity index (χ2v) is 19.5. The molecule has 0 spiro atoms. The first-order chi connectivity index (χ1) is 25.2. The minimum absolute atomic E-state index is 0.00384.